The lowest BCUT2D eigenvalue weighted by molar-refractivity contribution is -0.139. The van der Waals surface area contributed by atoms with Gasteiger partial charge in [-0.3, -0.25) is 4.98 Å². The molecule has 174 valence electrons. The zero-order chi connectivity index (χ0) is 24.2. The fourth-order valence-corrected chi connectivity index (χ4v) is 4.54. The zero-order valence-electron chi connectivity index (χ0n) is 18.9. The number of carbonyl (C=O) groups excluding carboxylic acids is 1. The van der Waals surface area contributed by atoms with Crippen LogP contribution in [0.4, 0.5) is 4.79 Å². The molecule has 0 saturated carbocycles. The quantitative estimate of drug-likeness (QED) is 0.388. The van der Waals surface area contributed by atoms with E-state index in [-0.39, 0.29) is 18.9 Å². The Balaban J connectivity index is 1.23. The van der Waals surface area contributed by atoms with Crippen LogP contribution in [0.15, 0.2) is 97.2 Å². The van der Waals surface area contributed by atoms with Crippen molar-refractivity contribution in [3.05, 3.63) is 114 Å². The molecule has 35 heavy (non-hydrogen) atoms. The van der Waals surface area contributed by atoms with Gasteiger partial charge in [0.25, 0.3) is 0 Å². The molecule has 0 fully saturated rings. The highest BCUT2D eigenvalue weighted by molar-refractivity contribution is 5.81. The first-order valence-electron chi connectivity index (χ1n) is 11.4. The van der Waals surface area contributed by atoms with Gasteiger partial charge >= 0.3 is 12.1 Å². The van der Waals surface area contributed by atoms with E-state index < -0.39 is 18.1 Å². The predicted octanol–water partition coefficient (Wildman–Crippen LogP) is 5.28. The van der Waals surface area contributed by atoms with Crippen molar-refractivity contribution in [1.82, 2.24) is 10.3 Å². The number of carboxylic acids is 1. The number of alkyl carbamates (subject to hydrolysis) is 1. The fraction of sp³-hybridized carbons (Fsp3) is 0.138. The van der Waals surface area contributed by atoms with Crippen LogP contribution in [-0.4, -0.2) is 34.8 Å². The van der Waals surface area contributed by atoms with Crippen LogP contribution in [0.25, 0.3) is 22.4 Å². The van der Waals surface area contributed by atoms with Gasteiger partial charge < -0.3 is 15.2 Å². The third-order valence-corrected chi connectivity index (χ3v) is 6.27. The summed E-state index contributed by atoms with van der Waals surface area (Å²) in [4.78, 5) is 28.8. The molecule has 0 unspecified atom stereocenters. The minimum atomic E-state index is -1.13. The van der Waals surface area contributed by atoms with Crippen LogP contribution in [0, 0.1) is 0 Å². The number of pyridine rings is 1. The van der Waals surface area contributed by atoms with Crippen LogP contribution in [0.2, 0.25) is 0 Å². The van der Waals surface area contributed by atoms with E-state index in [0.717, 1.165) is 33.5 Å². The normalized spacial score (nSPS) is 12.9. The largest absolute Gasteiger partial charge is 0.480 e. The van der Waals surface area contributed by atoms with Crippen molar-refractivity contribution in [3.63, 3.8) is 0 Å². The van der Waals surface area contributed by atoms with Crippen molar-refractivity contribution < 1.29 is 19.4 Å². The summed E-state index contributed by atoms with van der Waals surface area (Å²) >= 11 is 0. The Morgan fingerprint density at radius 3 is 2.09 bits per heavy atom. The number of amides is 1. The van der Waals surface area contributed by atoms with Gasteiger partial charge in [-0.05, 0) is 33.9 Å². The number of aliphatic carboxylic acids is 1. The third-order valence-electron chi connectivity index (χ3n) is 6.27. The van der Waals surface area contributed by atoms with Crippen molar-refractivity contribution in [2.24, 2.45) is 0 Å². The minimum absolute atomic E-state index is 0.0915. The van der Waals surface area contributed by atoms with E-state index in [1.54, 1.807) is 6.20 Å². The van der Waals surface area contributed by atoms with Crippen LogP contribution in [0.3, 0.4) is 0 Å². The van der Waals surface area contributed by atoms with Gasteiger partial charge in [0.2, 0.25) is 0 Å². The number of ether oxygens (including phenoxy) is 1. The Morgan fingerprint density at radius 2 is 1.49 bits per heavy atom. The maximum absolute atomic E-state index is 12.6. The van der Waals surface area contributed by atoms with Gasteiger partial charge in [0.05, 0.1) is 5.69 Å². The average Bonchev–Trinajstić information content (AvgIpc) is 3.21. The standard InChI is InChI=1S/C29H24N2O4/c32-28(33)27(16-19-14-15-26(30-17-19)20-8-2-1-3-9-20)31-29(34)35-18-25-23-12-6-4-10-21(23)22-11-5-7-13-24(22)25/h1-15,17,25,27H,16,18H2,(H,31,34)(H,32,33)/t27-/m0/s1. The van der Waals surface area contributed by atoms with Crippen LogP contribution in [0.1, 0.15) is 22.6 Å². The Bertz CT molecular complexity index is 1310. The summed E-state index contributed by atoms with van der Waals surface area (Å²) in [6.45, 7) is 0.125. The summed E-state index contributed by atoms with van der Waals surface area (Å²) < 4.78 is 5.51. The molecular formula is C29H24N2O4. The topological polar surface area (TPSA) is 88.5 Å². The summed E-state index contributed by atoms with van der Waals surface area (Å²) in [5, 5.41) is 12.2. The lowest BCUT2D eigenvalue weighted by atomic mass is 9.98. The van der Waals surface area contributed by atoms with Crippen LogP contribution in [-0.2, 0) is 16.0 Å². The van der Waals surface area contributed by atoms with Gasteiger partial charge in [-0.15, -0.1) is 0 Å². The van der Waals surface area contributed by atoms with E-state index in [2.05, 4.69) is 22.4 Å². The van der Waals surface area contributed by atoms with E-state index in [1.165, 1.54) is 0 Å². The van der Waals surface area contributed by atoms with Crippen LogP contribution in [0.5, 0.6) is 0 Å². The van der Waals surface area contributed by atoms with Gasteiger partial charge in [-0.2, -0.15) is 0 Å². The molecule has 5 rings (SSSR count). The van der Waals surface area contributed by atoms with Crippen molar-refractivity contribution in [2.45, 2.75) is 18.4 Å². The summed E-state index contributed by atoms with van der Waals surface area (Å²) in [5.41, 5.74) is 6.94. The van der Waals surface area contributed by atoms with Crippen LogP contribution < -0.4 is 5.32 Å². The molecule has 0 bridgehead atoms. The van der Waals surface area contributed by atoms with Crippen molar-refractivity contribution in [3.8, 4) is 22.4 Å². The van der Waals surface area contributed by atoms with Gasteiger partial charge in [0.15, 0.2) is 0 Å². The number of carbonyl (C=O) groups is 2. The van der Waals surface area contributed by atoms with Crippen molar-refractivity contribution in [2.75, 3.05) is 6.61 Å². The van der Waals surface area contributed by atoms with E-state index in [4.69, 9.17) is 4.74 Å². The lowest BCUT2D eigenvalue weighted by Gasteiger charge is -2.17. The number of carboxylic acid groups (broad SMARTS) is 1. The molecule has 6 heteroatoms. The number of fused-ring (bicyclic) bond motifs is 3. The van der Waals surface area contributed by atoms with Crippen molar-refractivity contribution in [1.29, 1.82) is 0 Å². The van der Waals surface area contributed by atoms with Gasteiger partial charge in [-0.1, -0.05) is 84.9 Å². The highest BCUT2D eigenvalue weighted by atomic mass is 16.5. The molecule has 1 aromatic heterocycles. The van der Waals surface area contributed by atoms with Gasteiger partial charge in [0, 0.05) is 24.1 Å². The first kappa shape index (κ1) is 22.3. The van der Waals surface area contributed by atoms with E-state index in [9.17, 15) is 14.7 Å². The number of rotatable bonds is 7. The molecule has 0 saturated heterocycles. The zero-order valence-corrected chi connectivity index (χ0v) is 18.9. The maximum Gasteiger partial charge on any atom is 0.407 e. The summed E-state index contributed by atoms with van der Waals surface area (Å²) in [6.07, 6.45) is 0.979. The Hall–Kier alpha value is -4.45. The first-order chi connectivity index (χ1) is 17.1. The van der Waals surface area contributed by atoms with Gasteiger partial charge in [-0.25, -0.2) is 9.59 Å². The third kappa shape index (κ3) is 4.77. The molecule has 0 aliphatic heterocycles. The SMILES string of the molecule is O=C(N[C@@H](Cc1ccc(-c2ccccc2)nc1)C(=O)O)OCC1c2ccccc2-c2ccccc21. The monoisotopic (exact) mass is 464 g/mol. The molecule has 1 heterocycles. The second-order valence-electron chi connectivity index (χ2n) is 8.48. The second-order valence-corrected chi connectivity index (χ2v) is 8.48. The highest BCUT2D eigenvalue weighted by Crippen LogP contribution is 2.44. The molecule has 3 aromatic carbocycles. The predicted molar refractivity (Wildman–Crippen MR) is 133 cm³/mol. The van der Waals surface area contributed by atoms with Crippen molar-refractivity contribution >= 4 is 12.1 Å². The van der Waals surface area contributed by atoms with E-state index >= 15 is 0 Å². The maximum atomic E-state index is 12.6. The van der Waals surface area contributed by atoms with E-state index in [0.29, 0.717) is 5.56 Å². The first-order valence-corrected chi connectivity index (χ1v) is 11.4. The molecule has 1 aliphatic carbocycles. The fourth-order valence-electron chi connectivity index (χ4n) is 4.54. The summed E-state index contributed by atoms with van der Waals surface area (Å²) in [6, 6.07) is 28.4. The van der Waals surface area contributed by atoms with Gasteiger partial charge in [0.1, 0.15) is 12.6 Å². The Kier molecular flexibility index (Phi) is 6.26. The van der Waals surface area contributed by atoms with E-state index in [1.807, 2.05) is 78.9 Å². The Morgan fingerprint density at radius 1 is 0.857 bits per heavy atom. The summed E-state index contributed by atoms with van der Waals surface area (Å²) in [5.74, 6) is -1.23. The number of nitrogens with one attached hydrogen (secondary N) is 1. The lowest BCUT2D eigenvalue weighted by Crippen LogP contribution is -2.42. The molecule has 4 aromatic rings. The average molecular weight is 465 g/mol. The molecule has 1 aliphatic rings. The second kappa shape index (κ2) is 9.81. The molecule has 1 amide bonds. The number of benzene rings is 3. The molecule has 1 atom stereocenters. The minimum Gasteiger partial charge on any atom is -0.480 e. The molecule has 6 nitrogen and oxygen atoms in total. The molecule has 2 N–H and O–H groups in total. The number of nitrogens with zero attached hydrogens (tertiary/aromatic N) is 1. The highest BCUT2D eigenvalue weighted by Gasteiger charge is 2.29. The number of hydrogen-bond donors (Lipinski definition) is 2. The number of aromatic nitrogens is 1. The van der Waals surface area contributed by atoms with Crippen LogP contribution >= 0.6 is 0 Å². The molecule has 0 spiro atoms. The molecular weight excluding hydrogens is 440 g/mol. The smallest absolute Gasteiger partial charge is 0.407 e. The Labute approximate surface area is 203 Å². The number of hydrogen-bond acceptors (Lipinski definition) is 4. The summed E-state index contributed by atoms with van der Waals surface area (Å²) in [7, 11) is 0. The molecule has 0 radical (unpaired) electrons.